The minimum Gasteiger partial charge on any atom is -0.384 e. The summed E-state index contributed by atoms with van der Waals surface area (Å²) in [6.45, 7) is 5.06. The van der Waals surface area contributed by atoms with Crippen LogP contribution in [0.3, 0.4) is 0 Å². The van der Waals surface area contributed by atoms with E-state index in [9.17, 15) is 13.5 Å². The van der Waals surface area contributed by atoms with Crippen LogP contribution in [-0.4, -0.2) is 52.2 Å². The van der Waals surface area contributed by atoms with Crippen molar-refractivity contribution in [1.82, 2.24) is 19.3 Å². The highest BCUT2D eigenvalue weighted by molar-refractivity contribution is 7.88. The summed E-state index contributed by atoms with van der Waals surface area (Å²) in [5.74, 6) is 0.231. The molecule has 0 bridgehead atoms. The average molecular weight is 302 g/mol. The van der Waals surface area contributed by atoms with Crippen LogP contribution in [0.25, 0.3) is 0 Å². The molecule has 1 aliphatic heterocycles. The Morgan fingerprint density at radius 2 is 2.20 bits per heavy atom. The van der Waals surface area contributed by atoms with Gasteiger partial charge in [0.25, 0.3) is 0 Å². The van der Waals surface area contributed by atoms with E-state index >= 15 is 0 Å². The van der Waals surface area contributed by atoms with Crippen LogP contribution in [0.1, 0.15) is 32.4 Å². The largest absolute Gasteiger partial charge is 0.384 e. The number of aromatic nitrogens is 3. The molecule has 8 heteroatoms. The van der Waals surface area contributed by atoms with Gasteiger partial charge in [-0.05, 0) is 32.6 Å². The standard InChI is InChI=1S/C12H22N4O3S/c1-12(2,17)11-9-15(14-13-11)7-10-5-4-6-16(8-10)20(3,18)19/h9-10,17H,4-8H2,1-3H3. The van der Waals surface area contributed by atoms with Crippen molar-refractivity contribution in [3.05, 3.63) is 11.9 Å². The van der Waals surface area contributed by atoms with Crippen molar-refractivity contribution in [3.8, 4) is 0 Å². The third-order valence-electron chi connectivity index (χ3n) is 3.56. The fourth-order valence-corrected chi connectivity index (χ4v) is 3.35. The van der Waals surface area contributed by atoms with Crippen molar-refractivity contribution in [3.63, 3.8) is 0 Å². The Hall–Kier alpha value is -0.990. The second-order valence-electron chi connectivity index (χ2n) is 6.01. The van der Waals surface area contributed by atoms with Crippen LogP contribution >= 0.6 is 0 Å². The van der Waals surface area contributed by atoms with Crippen LogP contribution in [0, 0.1) is 5.92 Å². The number of hydrogen-bond donors (Lipinski definition) is 1. The molecule has 0 radical (unpaired) electrons. The van der Waals surface area contributed by atoms with Crippen molar-refractivity contribution in [1.29, 1.82) is 0 Å². The molecule has 1 saturated heterocycles. The quantitative estimate of drug-likeness (QED) is 0.857. The minimum atomic E-state index is -3.12. The Balaban J connectivity index is 2.01. The molecule has 1 N–H and O–H groups in total. The summed E-state index contributed by atoms with van der Waals surface area (Å²) >= 11 is 0. The summed E-state index contributed by atoms with van der Waals surface area (Å²) in [6.07, 6.45) is 4.81. The molecule has 0 amide bonds. The zero-order chi connectivity index (χ0) is 15.0. The van der Waals surface area contributed by atoms with Crippen LogP contribution in [0.5, 0.6) is 0 Å². The summed E-state index contributed by atoms with van der Waals surface area (Å²) in [7, 11) is -3.12. The van der Waals surface area contributed by atoms with Gasteiger partial charge >= 0.3 is 0 Å². The first-order chi connectivity index (χ1) is 9.16. The van der Waals surface area contributed by atoms with Crippen molar-refractivity contribution in [2.45, 2.75) is 38.8 Å². The number of rotatable bonds is 4. The summed E-state index contributed by atoms with van der Waals surface area (Å²) in [6, 6.07) is 0. The van der Waals surface area contributed by atoms with Crippen LogP contribution in [0.15, 0.2) is 6.20 Å². The lowest BCUT2D eigenvalue weighted by Gasteiger charge is -2.30. The van der Waals surface area contributed by atoms with Gasteiger partial charge in [0.15, 0.2) is 0 Å². The van der Waals surface area contributed by atoms with Crippen molar-refractivity contribution < 1.29 is 13.5 Å². The van der Waals surface area contributed by atoms with Gasteiger partial charge in [0.05, 0.1) is 12.5 Å². The maximum atomic E-state index is 11.6. The van der Waals surface area contributed by atoms with Crippen LogP contribution < -0.4 is 0 Å². The molecular formula is C12H22N4O3S. The molecule has 0 aromatic carbocycles. The molecule has 1 aliphatic rings. The maximum Gasteiger partial charge on any atom is 0.211 e. The summed E-state index contributed by atoms with van der Waals surface area (Å²) in [5.41, 5.74) is -0.489. The maximum absolute atomic E-state index is 11.6. The van der Waals surface area contributed by atoms with E-state index in [1.807, 2.05) is 0 Å². The van der Waals surface area contributed by atoms with E-state index in [0.29, 0.717) is 25.3 Å². The van der Waals surface area contributed by atoms with E-state index in [-0.39, 0.29) is 5.92 Å². The Morgan fingerprint density at radius 1 is 1.50 bits per heavy atom. The van der Waals surface area contributed by atoms with Gasteiger partial charge in [0.1, 0.15) is 11.3 Å². The Morgan fingerprint density at radius 3 is 2.75 bits per heavy atom. The SMILES string of the molecule is CC(C)(O)c1cn(CC2CCCN(S(C)(=O)=O)C2)nn1. The van der Waals surface area contributed by atoms with Gasteiger partial charge < -0.3 is 5.11 Å². The highest BCUT2D eigenvalue weighted by Gasteiger charge is 2.27. The first kappa shape index (κ1) is 15.4. The van der Waals surface area contributed by atoms with Gasteiger partial charge in [0, 0.05) is 19.6 Å². The van der Waals surface area contributed by atoms with Gasteiger partial charge in [-0.1, -0.05) is 5.21 Å². The molecule has 2 rings (SSSR count). The van der Waals surface area contributed by atoms with Gasteiger partial charge in [0.2, 0.25) is 10.0 Å². The second-order valence-corrected chi connectivity index (χ2v) is 8.00. The second kappa shape index (κ2) is 5.42. The van der Waals surface area contributed by atoms with Crippen LogP contribution in [-0.2, 0) is 22.2 Å². The highest BCUT2D eigenvalue weighted by Crippen LogP contribution is 2.21. The Labute approximate surface area is 119 Å². The van der Waals surface area contributed by atoms with Crippen molar-refractivity contribution >= 4 is 10.0 Å². The number of aliphatic hydroxyl groups is 1. The van der Waals surface area contributed by atoms with Crippen LogP contribution in [0.4, 0.5) is 0 Å². The first-order valence-corrected chi connectivity index (χ1v) is 8.59. The normalized spacial score (nSPS) is 22.1. The number of nitrogens with zero attached hydrogens (tertiary/aromatic N) is 4. The Kier molecular flexibility index (Phi) is 4.17. The van der Waals surface area contributed by atoms with E-state index in [4.69, 9.17) is 0 Å². The predicted molar refractivity (Wildman–Crippen MR) is 74.4 cm³/mol. The first-order valence-electron chi connectivity index (χ1n) is 6.74. The van der Waals surface area contributed by atoms with E-state index in [1.54, 1.807) is 24.7 Å². The van der Waals surface area contributed by atoms with E-state index in [0.717, 1.165) is 12.8 Å². The average Bonchev–Trinajstić information content (AvgIpc) is 2.76. The zero-order valence-electron chi connectivity index (χ0n) is 12.2. The number of hydrogen-bond acceptors (Lipinski definition) is 5. The Bertz CT molecular complexity index is 562. The smallest absolute Gasteiger partial charge is 0.211 e. The molecule has 1 atom stereocenters. The predicted octanol–water partition coefficient (Wildman–Crippen LogP) is 0.177. The van der Waals surface area contributed by atoms with Gasteiger partial charge in [-0.2, -0.15) is 0 Å². The van der Waals surface area contributed by atoms with Crippen LogP contribution in [0.2, 0.25) is 0 Å². The number of piperidine rings is 1. The van der Waals surface area contributed by atoms with E-state index < -0.39 is 15.6 Å². The number of sulfonamides is 1. The van der Waals surface area contributed by atoms with E-state index in [1.165, 1.54) is 10.6 Å². The molecule has 114 valence electrons. The van der Waals surface area contributed by atoms with Gasteiger partial charge in [-0.3, -0.25) is 4.68 Å². The zero-order valence-corrected chi connectivity index (χ0v) is 13.0. The lowest BCUT2D eigenvalue weighted by molar-refractivity contribution is 0.0737. The summed E-state index contributed by atoms with van der Waals surface area (Å²) in [5, 5.41) is 17.8. The summed E-state index contributed by atoms with van der Waals surface area (Å²) in [4.78, 5) is 0. The molecular weight excluding hydrogens is 280 g/mol. The third kappa shape index (κ3) is 3.77. The fraction of sp³-hybridized carbons (Fsp3) is 0.833. The molecule has 1 aromatic rings. The topological polar surface area (TPSA) is 88.3 Å². The lowest BCUT2D eigenvalue weighted by Crippen LogP contribution is -2.40. The molecule has 1 unspecified atom stereocenters. The molecule has 2 heterocycles. The lowest BCUT2D eigenvalue weighted by atomic mass is 10.00. The highest BCUT2D eigenvalue weighted by atomic mass is 32.2. The van der Waals surface area contributed by atoms with E-state index in [2.05, 4.69) is 10.3 Å². The third-order valence-corrected chi connectivity index (χ3v) is 4.83. The molecule has 0 saturated carbocycles. The molecule has 1 fully saturated rings. The summed E-state index contributed by atoms with van der Waals surface area (Å²) < 4.78 is 26.4. The minimum absolute atomic E-state index is 0.231. The van der Waals surface area contributed by atoms with Gasteiger partial charge in [-0.25, -0.2) is 12.7 Å². The molecule has 0 aliphatic carbocycles. The van der Waals surface area contributed by atoms with Crippen molar-refractivity contribution in [2.24, 2.45) is 5.92 Å². The molecule has 1 aromatic heterocycles. The molecule has 20 heavy (non-hydrogen) atoms. The van der Waals surface area contributed by atoms with Gasteiger partial charge in [-0.15, -0.1) is 5.10 Å². The molecule has 7 nitrogen and oxygen atoms in total. The monoisotopic (exact) mass is 302 g/mol. The van der Waals surface area contributed by atoms with Crippen molar-refractivity contribution in [2.75, 3.05) is 19.3 Å². The fourth-order valence-electron chi connectivity index (χ4n) is 2.41. The molecule has 0 spiro atoms.